The molecule has 1 fully saturated rings. The molecular weight excluding hydrogens is 567 g/mol. The van der Waals surface area contributed by atoms with Gasteiger partial charge in [0.1, 0.15) is 24.4 Å². The summed E-state index contributed by atoms with van der Waals surface area (Å²) in [5, 5.41) is 11.7. The lowest BCUT2D eigenvalue weighted by atomic mass is 9.91. The Labute approximate surface area is 245 Å². The number of aromatic carboxylic acids is 1. The molecule has 0 radical (unpaired) electrons. The SMILES string of the molecule is Cc1cc(-c2cc(Cl)ccc2OCCn2c(C)nc3c(c2=O)C[C@@H](N2CC[C@@H](F)C2)CC3)c2scc(C(=O)O)c2n1. The zero-order valence-corrected chi connectivity index (χ0v) is 24.4. The van der Waals surface area contributed by atoms with E-state index in [1.165, 1.54) is 11.3 Å². The third kappa shape index (κ3) is 5.36. The highest BCUT2D eigenvalue weighted by Crippen LogP contribution is 2.40. The van der Waals surface area contributed by atoms with E-state index in [2.05, 4.69) is 9.88 Å². The van der Waals surface area contributed by atoms with Gasteiger partial charge >= 0.3 is 5.97 Å². The highest BCUT2D eigenvalue weighted by molar-refractivity contribution is 7.18. The Balaban J connectivity index is 1.26. The first-order chi connectivity index (χ1) is 19.7. The number of aromatic nitrogens is 3. The number of carboxylic acid groups (broad SMARTS) is 1. The minimum atomic E-state index is -1.03. The molecule has 214 valence electrons. The van der Waals surface area contributed by atoms with E-state index in [9.17, 15) is 19.1 Å². The van der Waals surface area contributed by atoms with Crippen LogP contribution in [0.2, 0.25) is 5.02 Å². The molecule has 1 aromatic carbocycles. The number of aryl methyl sites for hydroxylation is 3. The van der Waals surface area contributed by atoms with Gasteiger partial charge in [-0.05, 0) is 63.8 Å². The molecule has 4 aromatic rings. The van der Waals surface area contributed by atoms with Crippen molar-refractivity contribution in [2.75, 3.05) is 19.7 Å². The highest BCUT2D eigenvalue weighted by atomic mass is 35.5. The molecular formula is C30H30ClFN4O4S. The summed E-state index contributed by atoms with van der Waals surface area (Å²) in [6.07, 6.45) is 1.97. The Morgan fingerprint density at radius 2 is 2.05 bits per heavy atom. The summed E-state index contributed by atoms with van der Waals surface area (Å²) in [7, 11) is 0. The number of pyridine rings is 1. The number of fused-ring (bicyclic) bond motifs is 2. The summed E-state index contributed by atoms with van der Waals surface area (Å²) >= 11 is 7.69. The number of hydrogen-bond donors (Lipinski definition) is 1. The molecule has 1 aliphatic heterocycles. The maximum Gasteiger partial charge on any atom is 0.338 e. The fourth-order valence-electron chi connectivity index (χ4n) is 6.03. The smallest absolute Gasteiger partial charge is 0.338 e. The molecule has 6 rings (SSSR count). The number of hydrogen-bond acceptors (Lipinski definition) is 7. The lowest BCUT2D eigenvalue weighted by Gasteiger charge is -2.31. The number of likely N-dealkylation sites (tertiary alicyclic amines) is 1. The number of rotatable bonds is 7. The number of halogens is 2. The largest absolute Gasteiger partial charge is 0.491 e. The Bertz CT molecular complexity index is 1720. The van der Waals surface area contributed by atoms with Crippen molar-refractivity contribution < 1.29 is 19.0 Å². The van der Waals surface area contributed by atoms with Crippen molar-refractivity contribution in [3.8, 4) is 16.9 Å². The Kier molecular flexibility index (Phi) is 7.56. The maximum atomic E-state index is 13.8. The lowest BCUT2D eigenvalue weighted by molar-refractivity contribution is 0.0699. The van der Waals surface area contributed by atoms with Gasteiger partial charge in [0.25, 0.3) is 5.56 Å². The number of thiophene rings is 1. The molecule has 11 heteroatoms. The van der Waals surface area contributed by atoms with Crippen LogP contribution in [-0.2, 0) is 19.4 Å². The van der Waals surface area contributed by atoms with Crippen molar-refractivity contribution in [2.45, 2.75) is 58.3 Å². The van der Waals surface area contributed by atoms with E-state index in [1.807, 2.05) is 19.9 Å². The molecule has 2 atom stereocenters. The molecule has 4 heterocycles. The summed E-state index contributed by atoms with van der Waals surface area (Å²) in [6, 6.07) is 7.38. The monoisotopic (exact) mass is 596 g/mol. The van der Waals surface area contributed by atoms with Crippen molar-refractivity contribution >= 4 is 39.1 Å². The number of alkyl halides is 1. The van der Waals surface area contributed by atoms with Gasteiger partial charge in [-0.1, -0.05) is 11.6 Å². The average Bonchev–Trinajstić information content (AvgIpc) is 3.57. The van der Waals surface area contributed by atoms with Gasteiger partial charge in [-0.25, -0.2) is 14.2 Å². The zero-order chi connectivity index (χ0) is 28.8. The maximum absolute atomic E-state index is 13.8. The van der Waals surface area contributed by atoms with Crippen LogP contribution in [0.15, 0.2) is 34.4 Å². The molecule has 41 heavy (non-hydrogen) atoms. The van der Waals surface area contributed by atoms with Crippen molar-refractivity contribution in [3.63, 3.8) is 0 Å². The summed E-state index contributed by atoms with van der Waals surface area (Å²) in [5.74, 6) is 0.183. The Morgan fingerprint density at radius 3 is 2.80 bits per heavy atom. The van der Waals surface area contributed by atoms with Crippen LogP contribution in [0, 0.1) is 13.8 Å². The summed E-state index contributed by atoms with van der Waals surface area (Å²) in [5.41, 5.74) is 4.29. The van der Waals surface area contributed by atoms with E-state index in [1.54, 1.807) is 28.1 Å². The number of carboxylic acids is 1. The van der Waals surface area contributed by atoms with Gasteiger partial charge in [0.2, 0.25) is 0 Å². The van der Waals surface area contributed by atoms with Crippen molar-refractivity contribution in [3.05, 3.63) is 73.4 Å². The lowest BCUT2D eigenvalue weighted by Crippen LogP contribution is -2.42. The van der Waals surface area contributed by atoms with Crippen LogP contribution in [0.1, 0.15) is 46.0 Å². The third-order valence-corrected chi connectivity index (χ3v) is 9.29. The molecule has 3 aromatic heterocycles. The first-order valence-electron chi connectivity index (χ1n) is 13.7. The van der Waals surface area contributed by atoms with Crippen LogP contribution >= 0.6 is 22.9 Å². The first-order valence-corrected chi connectivity index (χ1v) is 15.0. The zero-order valence-electron chi connectivity index (χ0n) is 22.8. The van der Waals surface area contributed by atoms with Gasteiger partial charge in [-0.2, -0.15) is 0 Å². The molecule has 8 nitrogen and oxygen atoms in total. The van der Waals surface area contributed by atoms with Crippen LogP contribution in [-0.4, -0.2) is 62.4 Å². The second-order valence-corrected chi connectivity index (χ2v) is 12.1. The summed E-state index contributed by atoms with van der Waals surface area (Å²) in [6.45, 7) is 5.35. The fourth-order valence-corrected chi connectivity index (χ4v) is 7.22. The van der Waals surface area contributed by atoms with Crippen molar-refractivity contribution in [1.29, 1.82) is 0 Å². The predicted octanol–water partition coefficient (Wildman–Crippen LogP) is 5.47. The second-order valence-electron chi connectivity index (χ2n) is 10.8. The average molecular weight is 597 g/mol. The van der Waals surface area contributed by atoms with Crippen LogP contribution in [0.4, 0.5) is 4.39 Å². The topological polar surface area (TPSA) is 97.6 Å². The fraction of sp³-hybridized carbons (Fsp3) is 0.400. The molecule has 1 saturated heterocycles. The van der Waals surface area contributed by atoms with Gasteiger partial charge in [-0.3, -0.25) is 19.2 Å². The molecule has 2 aliphatic rings. The van der Waals surface area contributed by atoms with Gasteiger partial charge in [-0.15, -0.1) is 11.3 Å². The molecule has 1 aliphatic carbocycles. The number of benzene rings is 1. The van der Waals surface area contributed by atoms with E-state index in [0.717, 1.165) is 46.5 Å². The van der Waals surface area contributed by atoms with Crippen LogP contribution in [0.25, 0.3) is 21.3 Å². The first kappa shape index (κ1) is 27.8. The Morgan fingerprint density at radius 1 is 1.22 bits per heavy atom. The van der Waals surface area contributed by atoms with Gasteiger partial charge in [0, 0.05) is 51.9 Å². The van der Waals surface area contributed by atoms with E-state index in [0.29, 0.717) is 53.7 Å². The quantitative estimate of drug-likeness (QED) is 0.302. The minimum Gasteiger partial charge on any atom is -0.491 e. The minimum absolute atomic E-state index is 0.0561. The molecule has 0 spiro atoms. The second kappa shape index (κ2) is 11.2. The van der Waals surface area contributed by atoms with Gasteiger partial charge < -0.3 is 9.84 Å². The van der Waals surface area contributed by atoms with E-state index in [4.69, 9.17) is 21.3 Å². The summed E-state index contributed by atoms with van der Waals surface area (Å²) in [4.78, 5) is 36.7. The highest BCUT2D eigenvalue weighted by Gasteiger charge is 2.32. The number of carbonyl (C=O) groups is 1. The molecule has 0 unspecified atom stereocenters. The summed E-state index contributed by atoms with van der Waals surface area (Å²) < 4.78 is 22.4. The third-order valence-electron chi connectivity index (χ3n) is 8.06. The molecule has 1 N–H and O–H groups in total. The van der Waals surface area contributed by atoms with E-state index in [-0.39, 0.29) is 23.8 Å². The van der Waals surface area contributed by atoms with Crippen LogP contribution in [0.3, 0.4) is 0 Å². The van der Waals surface area contributed by atoms with Crippen LogP contribution < -0.4 is 10.3 Å². The van der Waals surface area contributed by atoms with Crippen LogP contribution in [0.5, 0.6) is 5.75 Å². The standard InChI is InChI=1S/C30H30ClFN4O4S/c1-16-11-22(28-27(33-16)24(15-41-28)30(38)39)21-12-18(31)3-6-26(21)40-10-9-36-17(2)34-25-5-4-20(13-23(25)29(36)37)35-8-7-19(32)14-35/h3,6,11-12,15,19-20H,4-5,7-10,13-14H2,1-2H3,(H,38,39)/t19-,20+/m1/s1. The van der Waals surface area contributed by atoms with Crippen molar-refractivity contribution in [1.82, 2.24) is 19.4 Å². The normalized spacial score (nSPS) is 19.0. The number of ether oxygens (including phenoxy) is 1. The molecule has 0 bridgehead atoms. The van der Waals surface area contributed by atoms with Crippen molar-refractivity contribution in [2.24, 2.45) is 0 Å². The molecule has 0 saturated carbocycles. The van der Waals surface area contributed by atoms with E-state index < -0.39 is 12.1 Å². The number of nitrogens with zero attached hydrogens (tertiary/aromatic N) is 4. The molecule has 0 amide bonds. The predicted molar refractivity (Wildman–Crippen MR) is 157 cm³/mol. The Hall–Kier alpha value is -3.34. The van der Waals surface area contributed by atoms with Gasteiger partial charge in [0.05, 0.1) is 28.0 Å². The van der Waals surface area contributed by atoms with E-state index >= 15 is 0 Å². The van der Waals surface area contributed by atoms with Gasteiger partial charge in [0.15, 0.2) is 0 Å².